The lowest BCUT2D eigenvalue weighted by atomic mass is 10.2. The molecule has 182 valence electrons. The topological polar surface area (TPSA) is 93.0 Å². The number of amides is 1. The van der Waals surface area contributed by atoms with Gasteiger partial charge in [-0.2, -0.15) is 4.31 Å². The molecule has 4 aromatic rings. The second-order valence-corrected chi connectivity index (χ2v) is 11.5. The molecule has 8 nitrogen and oxygen atoms in total. The Morgan fingerprint density at radius 1 is 1.17 bits per heavy atom. The zero-order chi connectivity index (χ0) is 24.6. The lowest BCUT2D eigenvalue weighted by Crippen LogP contribution is -2.40. The van der Waals surface area contributed by atoms with E-state index in [0.717, 1.165) is 15.8 Å². The summed E-state index contributed by atoms with van der Waals surface area (Å²) in [6.07, 6.45) is 1.55. The normalized spacial score (nSPS) is 14.9. The number of nitrogens with zero attached hydrogens (tertiary/aromatic N) is 3. The summed E-state index contributed by atoms with van der Waals surface area (Å²) in [7, 11) is -3.65. The molecule has 1 saturated heterocycles. The van der Waals surface area contributed by atoms with Gasteiger partial charge in [-0.1, -0.05) is 22.9 Å². The number of benzene rings is 2. The van der Waals surface area contributed by atoms with E-state index in [4.69, 9.17) is 25.7 Å². The number of sulfonamides is 1. The van der Waals surface area contributed by atoms with Crippen molar-refractivity contribution in [3.05, 3.63) is 76.7 Å². The molecule has 0 bridgehead atoms. The minimum atomic E-state index is -3.65. The maximum Gasteiger partial charge on any atom is 0.260 e. The zero-order valence-corrected chi connectivity index (χ0v) is 21.2. The van der Waals surface area contributed by atoms with Gasteiger partial charge in [0.15, 0.2) is 5.13 Å². The number of ether oxygens (including phenoxy) is 1. The number of anilines is 1. The van der Waals surface area contributed by atoms with E-state index in [1.807, 2.05) is 19.1 Å². The number of fused-ring (bicyclic) bond motifs is 1. The highest BCUT2D eigenvalue weighted by Gasteiger charge is 2.28. The minimum absolute atomic E-state index is 0.138. The zero-order valence-electron chi connectivity index (χ0n) is 18.8. The van der Waals surface area contributed by atoms with Crippen molar-refractivity contribution in [2.75, 3.05) is 31.2 Å². The van der Waals surface area contributed by atoms with Crippen molar-refractivity contribution in [2.24, 2.45) is 0 Å². The van der Waals surface area contributed by atoms with E-state index in [1.54, 1.807) is 18.4 Å². The van der Waals surface area contributed by atoms with Gasteiger partial charge >= 0.3 is 0 Å². The molecule has 35 heavy (non-hydrogen) atoms. The smallest absolute Gasteiger partial charge is 0.260 e. The van der Waals surface area contributed by atoms with Gasteiger partial charge in [0, 0.05) is 23.7 Å². The number of furan rings is 1. The standard InChI is InChI=1S/C24H22ClN3O5S2/c1-16-13-18(25)14-21-22(16)26-24(34-21)28(15-19-3-2-10-33-19)23(29)17-4-6-20(7-5-17)35(30,31)27-8-11-32-12-9-27/h2-7,10,13-14H,8-9,11-12,15H2,1H3. The molecule has 0 saturated carbocycles. The van der Waals surface area contributed by atoms with E-state index < -0.39 is 10.0 Å². The highest BCUT2D eigenvalue weighted by Crippen LogP contribution is 2.34. The number of halogens is 1. The summed E-state index contributed by atoms with van der Waals surface area (Å²) >= 11 is 7.58. The molecule has 0 unspecified atom stereocenters. The molecule has 11 heteroatoms. The summed E-state index contributed by atoms with van der Waals surface area (Å²) in [4.78, 5) is 20.0. The minimum Gasteiger partial charge on any atom is -0.467 e. The third-order valence-corrected chi connectivity index (χ3v) is 8.87. The molecule has 0 atom stereocenters. The van der Waals surface area contributed by atoms with Crippen LogP contribution < -0.4 is 4.90 Å². The van der Waals surface area contributed by atoms with Crippen LogP contribution >= 0.6 is 22.9 Å². The highest BCUT2D eigenvalue weighted by atomic mass is 35.5. The van der Waals surface area contributed by atoms with Gasteiger partial charge in [0.05, 0.1) is 41.1 Å². The Morgan fingerprint density at radius 3 is 2.60 bits per heavy atom. The van der Waals surface area contributed by atoms with Gasteiger partial charge in [-0.05, 0) is 61.0 Å². The number of hydrogen-bond acceptors (Lipinski definition) is 7. The molecular formula is C24H22ClN3O5S2. The Bertz CT molecular complexity index is 1460. The summed E-state index contributed by atoms with van der Waals surface area (Å²) in [5.41, 5.74) is 2.03. The van der Waals surface area contributed by atoms with Crippen LogP contribution in [0.5, 0.6) is 0 Å². The van der Waals surface area contributed by atoms with Crippen molar-refractivity contribution in [2.45, 2.75) is 18.4 Å². The van der Waals surface area contributed by atoms with Crippen LogP contribution in [0.4, 0.5) is 5.13 Å². The Balaban J connectivity index is 1.48. The van der Waals surface area contributed by atoms with Crippen LogP contribution in [0.2, 0.25) is 5.02 Å². The van der Waals surface area contributed by atoms with E-state index in [0.29, 0.717) is 47.8 Å². The molecule has 1 amide bonds. The number of rotatable bonds is 6. The molecule has 0 aliphatic carbocycles. The molecule has 1 fully saturated rings. The molecule has 3 heterocycles. The number of aryl methyl sites for hydroxylation is 1. The van der Waals surface area contributed by atoms with Gasteiger partial charge in [0.1, 0.15) is 5.76 Å². The molecule has 0 radical (unpaired) electrons. The van der Waals surface area contributed by atoms with Gasteiger partial charge in [0.2, 0.25) is 10.0 Å². The van der Waals surface area contributed by atoms with Gasteiger partial charge in [-0.25, -0.2) is 13.4 Å². The predicted molar refractivity (Wildman–Crippen MR) is 135 cm³/mol. The van der Waals surface area contributed by atoms with Crippen LogP contribution in [-0.4, -0.2) is 49.9 Å². The van der Waals surface area contributed by atoms with E-state index in [-0.39, 0.29) is 17.3 Å². The van der Waals surface area contributed by atoms with Crippen LogP contribution in [-0.2, 0) is 21.3 Å². The highest BCUT2D eigenvalue weighted by molar-refractivity contribution is 7.89. The van der Waals surface area contributed by atoms with Gasteiger partial charge in [0.25, 0.3) is 5.91 Å². The number of aromatic nitrogens is 1. The Kier molecular flexibility index (Phi) is 6.65. The van der Waals surface area contributed by atoms with E-state index in [2.05, 4.69) is 0 Å². The van der Waals surface area contributed by atoms with Crippen molar-refractivity contribution in [1.82, 2.24) is 9.29 Å². The Morgan fingerprint density at radius 2 is 1.91 bits per heavy atom. The first-order valence-electron chi connectivity index (χ1n) is 10.9. The van der Waals surface area contributed by atoms with Crippen LogP contribution in [0, 0.1) is 6.92 Å². The van der Waals surface area contributed by atoms with E-state index in [9.17, 15) is 13.2 Å². The first-order chi connectivity index (χ1) is 16.8. The van der Waals surface area contributed by atoms with Crippen molar-refractivity contribution in [1.29, 1.82) is 0 Å². The first-order valence-corrected chi connectivity index (χ1v) is 13.6. The summed E-state index contributed by atoms with van der Waals surface area (Å²) in [6, 6.07) is 13.2. The van der Waals surface area contributed by atoms with E-state index in [1.165, 1.54) is 44.8 Å². The second-order valence-electron chi connectivity index (χ2n) is 8.08. The van der Waals surface area contributed by atoms with Crippen molar-refractivity contribution < 1.29 is 22.4 Å². The molecule has 1 aliphatic heterocycles. The number of carbonyl (C=O) groups is 1. The quantitative estimate of drug-likeness (QED) is 0.357. The molecule has 5 rings (SSSR count). The molecular weight excluding hydrogens is 510 g/mol. The van der Waals surface area contributed by atoms with Crippen LogP contribution in [0.15, 0.2) is 64.1 Å². The van der Waals surface area contributed by atoms with Crippen LogP contribution in [0.3, 0.4) is 0 Å². The van der Waals surface area contributed by atoms with Crippen molar-refractivity contribution in [3.8, 4) is 0 Å². The van der Waals surface area contributed by atoms with E-state index >= 15 is 0 Å². The molecule has 2 aromatic carbocycles. The lowest BCUT2D eigenvalue weighted by Gasteiger charge is -2.26. The van der Waals surface area contributed by atoms with Gasteiger partial charge in [-0.3, -0.25) is 9.69 Å². The second kappa shape index (κ2) is 9.71. The average Bonchev–Trinajstić information content (AvgIpc) is 3.53. The number of thiazole rings is 1. The SMILES string of the molecule is Cc1cc(Cl)cc2sc(N(Cc3ccco3)C(=O)c3ccc(S(=O)(=O)N4CCOCC4)cc3)nc12. The maximum atomic E-state index is 13.6. The molecule has 0 spiro atoms. The summed E-state index contributed by atoms with van der Waals surface area (Å²) in [5.74, 6) is 0.276. The third kappa shape index (κ3) is 4.85. The number of hydrogen-bond donors (Lipinski definition) is 0. The molecule has 2 aromatic heterocycles. The lowest BCUT2D eigenvalue weighted by molar-refractivity contribution is 0.0730. The van der Waals surface area contributed by atoms with Crippen molar-refractivity contribution in [3.63, 3.8) is 0 Å². The van der Waals surface area contributed by atoms with Gasteiger partial charge in [-0.15, -0.1) is 0 Å². The maximum absolute atomic E-state index is 13.6. The van der Waals surface area contributed by atoms with Crippen LogP contribution in [0.25, 0.3) is 10.2 Å². The summed E-state index contributed by atoms with van der Waals surface area (Å²) < 4.78 is 38.9. The predicted octanol–water partition coefficient (Wildman–Crippen LogP) is 4.72. The third-order valence-electron chi connectivity index (χ3n) is 5.72. The summed E-state index contributed by atoms with van der Waals surface area (Å²) in [5, 5.41) is 1.10. The first kappa shape index (κ1) is 24.0. The Labute approximate surface area is 211 Å². The fourth-order valence-electron chi connectivity index (χ4n) is 3.90. The largest absolute Gasteiger partial charge is 0.467 e. The molecule has 1 aliphatic rings. The number of carbonyl (C=O) groups excluding carboxylic acids is 1. The van der Waals surface area contributed by atoms with Crippen molar-refractivity contribution >= 4 is 54.2 Å². The summed E-state index contributed by atoms with van der Waals surface area (Å²) in [6.45, 7) is 3.44. The monoisotopic (exact) mass is 531 g/mol. The fraction of sp³-hybridized carbons (Fsp3) is 0.250. The fourth-order valence-corrected chi connectivity index (χ4v) is 6.73. The molecule has 0 N–H and O–H groups in total. The van der Waals surface area contributed by atoms with Crippen LogP contribution in [0.1, 0.15) is 21.7 Å². The number of morpholine rings is 1. The van der Waals surface area contributed by atoms with Gasteiger partial charge < -0.3 is 9.15 Å². The Hall–Kier alpha value is -2.76. The average molecular weight is 532 g/mol.